The molecule has 0 aliphatic heterocycles. The van der Waals surface area contributed by atoms with Crippen LogP contribution in [-0.2, 0) is 13.0 Å². The molecule has 0 atom stereocenters. The fourth-order valence-corrected chi connectivity index (χ4v) is 3.54. The van der Waals surface area contributed by atoms with Crippen LogP contribution < -0.4 is 5.73 Å². The van der Waals surface area contributed by atoms with E-state index in [1.807, 2.05) is 10.3 Å². The third kappa shape index (κ3) is 5.03. The number of nitrogens with two attached hydrogens (primary N) is 1. The third-order valence-corrected chi connectivity index (χ3v) is 5.29. The first-order chi connectivity index (χ1) is 11.6. The van der Waals surface area contributed by atoms with E-state index in [2.05, 4.69) is 43.1 Å². The van der Waals surface area contributed by atoms with Crippen molar-refractivity contribution in [2.24, 2.45) is 5.73 Å². The van der Waals surface area contributed by atoms with Gasteiger partial charge in [0.1, 0.15) is 5.69 Å². The average Bonchev–Trinajstić information content (AvgIpc) is 3.31. The summed E-state index contributed by atoms with van der Waals surface area (Å²) in [5, 5.41) is 2.81. The zero-order chi connectivity index (χ0) is 17.1. The van der Waals surface area contributed by atoms with Crippen molar-refractivity contribution in [2.75, 3.05) is 6.54 Å². The highest BCUT2D eigenvalue weighted by Crippen LogP contribution is 2.30. The summed E-state index contributed by atoms with van der Waals surface area (Å²) in [5.41, 5.74) is 8.64. The van der Waals surface area contributed by atoms with E-state index in [-0.39, 0.29) is 18.3 Å². The molecule has 1 aliphatic carbocycles. The highest BCUT2D eigenvalue weighted by Gasteiger charge is 2.34. The minimum atomic E-state index is 0. The molecular weight excluding hydrogens is 354 g/mol. The summed E-state index contributed by atoms with van der Waals surface area (Å²) in [6.07, 6.45) is 2.92. The number of halogens is 1. The van der Waals surface area contributed by atoms with Crippen LogP contribution in [0, 0.1) is 0 Å². The molecule has 4 nitrogen and oxygen atoms in total. The number of aromatic nitrogens is 1. The predicted molar refractivity (Wildman–Crippen MR) is 106 cm³/mol. The fourth-order valence-electron chi connectivity index (χ4n) is 2.75. The number of hydrogen-bond acceptors (Lipinski definition) is 4. The van der Waals surface area contributed by atoms with Crippen LogP contribution in [0.5, 0.6) is 0 Å². The Balaban J connectivity index is 0.00000225. The van der Waals surface area contributed by atoms with E-state index in [0.717, 1.165) is 24.3 Å². The standard InChI is InChI=1S/C19H25N3OS.ClH/c1-13(2)15-5-3-14(4-6-15)11-22(16-7-8-16)19(23)17-12-24-18(21-17)9-10-20;/h3-6,12-13,16H,7-11,20H2,1-2H3;1H. The van der Waals surface area contributed by atoms with Crippen molar-refractivity contribution in [2.45, 2.75) is 51.6 Å². The van der Waals surface area contributed by atoms with Crippen LogP contribution in [-0.4, -0.2) is 28.4 Å². The summed E-state index contributed by atoms with van der Waals surface area (Å²) in [6.45, 7) is 5.60. The van der Waals surface area contributed by atoms with Gasteiger partial charge >= 0.3 is 0 Å². The number of carbonyl (C=O) groups is 1. The van der Waals surface area contributed by atoms with Crippen molar-refractivity contribution in [3.63, 3.8) is 0 Å². The van der Waals surface area contributed by atoms with Crippen molar-refractivity contribution in [1.82, 2.24) is 9.88 Å². The molecule has 1 aromatic carbocycles. The minimum absolute atomic E-state index is 0. The average molecular weight is 380 g/mol. The van der Waals surface area contributed by atoms with Crippen LogP contribution in [0.2, 0.25) is 0 Å². The monoisotopic (exact) mass is 379 g/mol. The van der Waals surface area contributed by atoms with Gasteiger partial charge in [0.25, 0.3) is 5.91 Å². The molecule has 2 aromatic rings. The maximum Gasteiger partial charge on any atom is 0.273 e. The first-order valence-electron chi connectivity index (χ1n) is 8.62. The normalized spacial score (nSPS) is 13.6. The molecule has 0 radical (unpaired) electrons. The zero-order valence-corrected chi connectivity index (χ0v) is 16.4. The van der Waals surface area contributed by atoms with Crippen LogP contribution in [0.4, 0.5) is 0 Å². The minimum Gasteiger partial charge on any atom is -0.330 e. The first kappa shape index (κ1) is 19.9. The molecule has 0 bridgehead atoms. The maximum atomic E-state index is 12.9. The van der Waals surface area contributed by atoms with E-state index in [9.17, 15) is 4.79 Å². The number of benzene rings is 1. The lowest BCUT2D eigenvalue weighted by Crippen LogP contribution is -2.32. The molecule has 1 heterocycles. The number of hydrogen-bond donors (Lipinski definition) is 1. The number of amides is 1. The molecule has 3 rings (SSSR count). The van der Waals surface area contributed by atoms with E-state index in [1.165, 1.54) is 22.5 Å². The van der Waals surface area contributed by atoms with Crippen LogP contribution in [0.25, 0.3) is 0 Å². The molecule has 1 amide bonds. The van der Waals surface area contributed by atoms with Crippen molar-refractivity contribution in [1.29, 1.82) is 0 Å². The van der Waals surface area contributed by atoms with Crippen molar-refractivity contribution >= 4 is 29.7 Å². The summed E-state index contributed by atoms with van der Waals surface area (Å²) < 4.78 is 0. The van der Waals surface area contributed by atoms with Gasteiger partial charge in [-0.05, 0) is 36.4 Å². The van der Waals surface area contributed by atoms with Gasteiger partial charge < -0.3 is 10.6 Å². The molecule has 1 fully saturated rings. The van der Waals surface area contributed by atoms with Crippen molar-refractivity contribution < 1.29 is 4.79 Å². The number of carbonyl (C=O) groups excluding carboxylic acids is 1. The Labute approximate surface area is 159 Å². The van der Waals surface area contributed by atoms with Gasteiger partial charge in [-0.1, -0.05) is 38.1 Å². The number of nitrogens with zero attached hydrogens (tertiary/aromatic N) is 2. The highest BCUT2D eigenvalue weighted by molar-refractivity contribution is 7.09. The van der Waals surface area contributed by atoms with E-state index in [1.54, 1.807) is 0 Å². The van der Waals surface area contributed by atoms with Crippen LogP contribution in [0.1, 0.15) is 59.2 Å². The van der Waals surface area contributed by atoms with Gasteiger partial charge in [-0.3, -0.25) is 4.79 Å². The van der Waals surface area contributed by atoms with Crippen molar-refractivity contribution in [3.8, 4) is 0 Å². The Morgan fingerprint density at radius 2 is 2.00 bits per heavy atom. The quantitative estimate of drug-likeness (QED) is 0.791. The summed E-state index contributed by atoms with van der Waals surface area (Å²) in [6, 6.07) is 8.97. The molecule has 1 aliphatic rings. The Hall–Kier alpha value is -1.43. The van der Waals surface area contributed by atoms with Gasteiger partial charge in [-0.25, -0.2) is 4.98 Å². The fraction of sp³-hybridized carbons (Fsp3) is 0.474. The second-order valence-electron chi connectivity index (χ2n) is 6.73. The molecule has 1 aromatic heterocycles. The van der Waals surface area contributed by atoms with Crippen molar-refractivity contribution in [3.05, 3.63) is 51.5 Å². The van der Waals surface area contributed by atoms with Gasteiger partial charge in [0.05, 0.1) is 5.01 Å². The van der Waals surface area contributed by atoms with E-state index >= 15 is 0 Å². The molecule has 136 valence electrons. The summed E-state index contributed by atoms with van der Waals surface area (Å²) in [5.74, 6) is 0.571. The number of rotatable bonds is 7. The van der Waals surface area contributed by atoms with Gasteiger partial charge in [0, 0.05) is 24.4 Å². The van der Waals surface area contributed by atoms with Crippen LogP contribution in [0.15, 0.2) is 29.6 Å². The van der Waals surface area contributed by atoms with Gasteiger partial charge in [-0.2, -0.15) is 0 Å². The second-order valence-corrected chi connectivity index (χ2v) is 7.67. The van der Waals surface area contributed by atoms with Gasteiger partial charge in [0.2, 0.25) is 0 Å². The van der Waals surface area contributed by atoms with Gasteiger partial charge in [-0.15, -0.1) is 23.7 Å². The van der Waals surface area contributed by atoms with E-state index in [4.69, 9.17) is 5.73 Å². The Kier molecular flexibility index (Phi) is 6.99. The smallest absolute Gasteiger partial charge is 0.273 e. The Morgan fingerprint density at radius 3 is 2.56 bits per heavy atom. The third-order valence-electron chi connectivity index (χ3n) is 4.38. The lowest BCUT2D eigenvalue weighted by atomic mass is 10.0. The molecule has 2 N–H and O–H groups in total. The summed E-state index contributed by atoms with van der Waals surface area (Å²) in [7, 11) is 0. The molecule has 0 unspecified atom stereocenters. The molecule has 0 spiro atoms. The Bertz CT molecular complexity index is 695. The largest absolute Gasteiger partial charge is 0.330 e. The van der Waals surface area contributed by atoms with E-state index in [0.29, 0.717) is 30.7 Å². The SMILES string of the molecule is CC(C)c1ccc(CN(C(=O)c2csc(CCN)n2)C2CC2)cc1.Cl. The molecule has 25 heavy (non-hydrogen) atoms. The predicted octanol–water partition coefficient (Wildman–Crippen LogP) is 3.99. The topological polar surface area (TPSA) is 59.2 Å². The van der Waals surface area contributed by atoms with Crippen LogP contribution in [0.3, 0.4) is 0 Å². The second kappa shape index (κ2) is 8.79. The first-order valence-corrected chi connectivity index (χ1v) is 9.50. The number of thiazole rings is 1. The molecular formula is C19H26ClN3OS. The maximum absolute atomic E-state index is 12.9. The van der Waals surface area contributed by atoms with Crippen LogP contribution >= 0.6 is 23.7 Å². The lowest BCUT2D eigenvalue weighted by molar-refractivity contribution is 0.0724. The van der Waals surface area contributed by atoms with E-state index < -0.39 is 0 Å². The lowest BCUT2D eigenvalue weighted by Gasteiger charge is -2.22. The summed E-state index contributed by atoms with van der Waals surface area (Å²) >= 11 is 1.52. The summed E-state index contributed by atoms with van der Waals surface area (Å²) in [4.78, 5) is 19.3. The molecule has 0 saturated heterocycles. The van der Waals surface area contributed by atoms with Gasteiger partial charge in [0.15, 0.2) is 0 Å². The molecule has 6 heteroatoms. The molecule has 1 saturated carbocycles. The highest BCUT2D eigenvalue weighted by atomic mass is 35.5. The Morgan fingerprint density at radius 1 is 1.32 bits per heavy atom. The zero-order valence-electron chi connectivity index (χ0n) is 14.8.